The lowest BCUT2D eigenvalue weighted by atomic mass is 10.1. The van der Waals surface area contributed by atoms with Crippen LogP contribution in [-0.2, 0) is 6.42 Å². The SMILES string of the molecule is CC(Cc1ccc(F)cc1)n1cncc1[C@@H]1CCCN1. The number of aromatic nitrogens is 2. The first kappa shape index (κ1) is 13.3. The minimum absolute atomic E-state index is 0.181. The molecule has 1 aliphatic heterocycles. The van der Waals surface area contributed by atoms with Crippen LogP contribution in [0.3, 0.4) is 0 Å². The van der Waals surface area contributed by atoms with Gasteiger partial charge < -0.3 is 9.88 Å². The molecule has 3 rings (SSSR count). The highest BCUT2D eigenvalue weighted by molar-refractivity contribution is 5.18. The molecule has 1 N–H and O–H groups in total. The lowest BCUT2D eigenvalue weighted by Gasteiger charge is -2.20. The Labute approximate surface area is 118 Å². The number of imidazole rings is 1. The van der Waals surface area contributed by atoms with Gasteiger partial charge in [0, 0.05) is 18.3 Å². The molecule has 0 bridgehead atoms. The topological polar surface area (TPSA) is 29.9 Å². The van der Waals surface area contributed by atoms with E-state index in [-0.39, 0.29) is 5.82 Å². The van der Waals surface area contributed by atoms with E-state index in [1.54, 1.807) is 0 Å². The monoisotopic (exact) mass is 273 g/mol. The molecule has 20 heavy (non-hydrogen) atoms. The fourth-order valence-corrected chi connectivity index (χ4v) is 2.95. The van der Waals surface area contributed by atoms with Gasteiger partial charge in [0.2, 0.25) is 0 Å². The minimum atomic E-state index is -0.181. The second-order valence-electron chi connectivity index (χ2n) is 5.55. The molecule has 1 aromatic heterocycles. The molecular formula is C16H20FN3. The number of rotatable bonds is 4. The molecule has 2 aromatic rings. The van der Waals surface area contributed by atoms with Crippen molar-refractivity contribution in [1.82, 2.24) is 14.9 Å². The molecule has 1 unspecified atom stereocenters. The number of nitrogens with zero attached hydrogens (tertiary/aromatic N) is 2. The van der Waals surface area contributed by atoms with Crippen molar-refractivity contribution in [3.63, 3.8) is 0 Å². The number of nitrogens with one attached hydrogen (secondary N) is 1. The van der Waals surface area contributed by atoms with Crippen molar-refractivity contribution in [3.8, 4) is 0 Å². The Hall–Kier alpha value is -1.68. The number of halogens is 1. The fraction of sp³-hybridized carbons (Fsp3) is 0.438. The van der Waals surface area contributed by atoms with Gasteiger partial charge in [0.1, 0.15) is 5.82 Å². The Morgan fingerprint density at radius 2 is 2.20 bits per heavy atom. The van der Waals surface area contributed by atoms with Crippen LogP contribution in [0.25, 0.3) is 0 Å². The van der Waals surface area contributed by atoms with Crippen LogP contribution >= 0.6 is 0 Å². The number of benzene rings is 1. The third kappa shape index (κ3) is 2.75. The summed E-state index contributed by atoms with van der Waals surface area (Å²) in [6.45, 7) is 3.27. The zero-order valence-electron chi connectivity index (χ0n) is 11.7. The van der Waals surface area contributed by atoms with E-state index in [2.05, 4.69) is 21.8 Å². The van der Waals surface area contributed by atoms with Gasteiger partial charge in [-0.1, -0.05) is 12.1 Å². The lowest BCUT2D eigenvalue weighted by Crippen LogP contribution is -2.19. The molecule has 1 aromatic carbocycles. The molecule has 106 valence electrons. The molecule has 0 aliphatic carbocycles. The van der Waals surface area contributed by atoms with E-state index in [1.165, 1.54) is 30.7 Å². The molecule has 4 heteroatoms. The summed E-state index contributed by atoms with van der Waals surface area (Å²) in [5.41, 5.74) is 2.41. The predicted octanol–water partition coefficient (Wildman–Crippen LogP) is 3.25. The van der Waals surface area contributed by atoms with Gasteiger partial charge in [-0.15, -0.1) is 0 Å². The van der Waals surface area contributed by atoms with Gasteiger partial charge in [0.25, 0.3) is 0 Å². The summed E-state index contributed by atoms with van der Waals surface area (Å²) in [7, 11) is 0. The van der Waals surface area contributed by atoms with Crippen LogP contribution < -0.4 is 5.32 Å². The summed E-state index contributed by atoms with van der Waals surface area (Å²) >= 11 is 0. The van der Waals surface area contributed by atoms with E-state index in [0.29, 0.717) is 12.1 Å². The summed E-state index contributed by atoms with van der Waals surface area (Å²) < 4.78 is 15.2. The summed E-state index contributed by atoms with van der Waals surface area (Å²) in [6, 6.07) is 7.51. The van der Waals surface area contributed by atoms with Gasteiger partial charge in [-0.05, 0) is 50.4 Å². The summed E-state index contributed by atoms with van der Waals surface area (Å²) in [5, 5.41) is 3.52. The van der Waals surface area contributed by atoms with Crippen molar-refractivity contribution in [3.05, 3.63) is 53.9 Å². The Bertz CT molecular complexity index is 555. The Balaban J connectivity index is 1.75. The maximum Gasteiger partial charge on any atom is 0.123 e. The molecule has 1 fully saturated rings. The molecule has 1 saturated heterocycles. The molecule has 2 atom stereocenters. The highest BCUT2D eigenvalue weighted by Gasteiger charge is 2.21. The zero-order valence-corrected chi connectivity index (χ0v) is 11.7. The van der Waals surface area contributed by atoms with Crippen LogP contribution in [0.4, 0.5) is 4.39 Å². The summed E-state index contributed by atoms with van der Waals surface area (Å²) in [5.74, 6) is -0.181. The highest BCUT2D eigenvalue weighted by Crippen LogP contribution is 2.26. The Kier molecular flexibility index (Phi) is 3.83. The van der Waals surface area contributed by atoms with E-state index in [1.807, 2.05) is 24.7 Å². The molecule has 0 amide bonds. The number of hydrogen-bond acceptors (Lipinski definition) is 2. The minimum Gasteiger partial charge on any atom is -0.330 e. The predicted molar refractivity (Wildman–Crippen MR) is 77.0 cm³/mol. The maximum atomic E-state index is 12.9. The lowest BCUT2D eigenvalue weighted by molar-refractivity contribution is 0.488. The molecule has 3 nitrogen and oxygen atoms in total. The molecular weight excluding hydrogens is 253 g/mol. The van der Waals surface area contributed by atoms with Gasteiger partial charge in [-0.2, -0.15) is 0 Å². The van der Waals surface area contributed by atoms with Crippen molar-refractivity contribution in [2.24, 2.45) is 0 Å². The number of hydrogen-bond donors (Lipinski definition) is 1. The van der Waals surface area contributed by atoms with E-state index in [9.17, 15) is 4.39 Å². The maximum absolute atomic E-state index is 12.9. The smallest absolute Gasteiger partial charge is 0.123 e. The molecule has 2 heterocycles. The standard InChI is InChI=1S/C16H20FN3/c1-12(9-13-4-6-14(17)7-5-13)20-11-18-10-16(20)15-3-2-8-19-15/h4-7,10-12,15,19H,2-3,8-9H2,1H3/t12?,15-/m0/s1. The van der Waals surface area contributed by atoms with Crippen molar-refractivity contribution in [2.75, 3.05) is 6.54 Å². The van der Waals surface area contributed by atoms with Gasteiger partial charge in [0.15, 0.2) is 0 Å². The third-order valence-electron chi connectivity index (χ3n) is 4.03. The molecule has 0 saturated carbocycles. The van der Waals surface area contributed by atoms with E-state index in [0.717, 1.165) is 18.5 Å². The molecule has 0 radical (unpaired) electrons. The largest absolute Gasteiger partial charge is 0.330 e. The average molecular weight is 273 g/mol. The van der Waals surface area contributed by atoms with Gasteiger partial charge in [-0.3, -0.25) is 0 Å². The first-order valence-corrected chi connectivity index (χ1v) is 7.23. The first-order valence-electron chi connectivity index (χ1n) is 7.23. The van der Waals surface area contributed by atoms with Gasteiger partial charge >= 0.3 is 0 Å². The summed E-state index contributed by atoms with van der Waals surface area (Å²) in [4.78, 5) is 4.31. The van der Waals surface area contributed by atoms with E-state index >= 15 is 0 Å². The average Bonchev–Trinajstić information content (AvgIpc) is 3.11. The highest BCUT2D eigenvalue weighted by atomic mass is 19.1. The Morgan fingerprint density at radius 3 is 2.90 bits per heavy atom. The van der Waals surface area contributed by atoms with E-state index in [4.69, 9.17) is 0 Å². The normalized spacial score (nSPS) is 20.2. The van der Waals surface area contributed by atoms with Crippen LogP contribution in [0.15, 0.2) is 36.8 Å². The van der Waals surface area contributed by atoms with Crippen LogP contribution in [0.5, 0.6) is 0 Å². The van der Waals surface area contributed by atoms with E-state index < -0.39 is 0 Å². The van der Waals surface area contributed by atoms with Crippen molar-refractivity contribution >= 4 is 0 Å². The van der Waals surface area contributed by atoms with Crippen LogP contribution in [0.1, 0.15) is 43.1 Å². The van der Waals surface area contributed by atoms with Crippen LogP contribution in [0, 0.1) is 5.82 Å². The first-order chi connectivity index (χ1) is 9.74. The third-order valence-corrected chi connectivity index (χ3v) is 4.03. The van der Waals surface area contributed by atoms with Crippen LogP contribution in [0.2, 0.25) is 0 Å². The quantitative estimate of drug-likeness (QED) is 0.926. The van der Waals surface area contributed by atoms with Crippen molar-refractivity contribution < 1.29 is 4.39 Å². The van der Waals surface area contributed by atoms with Crippen molar-refractivity contribution in [1.29, 1.82) is 0 Å². The van der Waals surface area contributed by atoms with Gasteiger partial charge in [0.05, 0.1) is 12.0 Å². The summed E-state index contributed by atoms with van der Waals surface area (Å²) in [6.07, 6.45) is 7.15. The molecule has 1 aliphatic rings. The second kappa shape index (κ2) is 5.75. The van der Waals surface area contributed by atoms with Gasteiger partial charge in [-0.25, -0.2) is 9.37 Å². The zero-order chi connectivity index (χ0) is 13.9. The second-order valence-corrected chi connectivity index (χ2v) is 5.55. The Morgan fingerprint density at radius 1 is 1.40 bits per heavy atom. The van der Waals surface area contributed by atoms with Crippen LogP contribution in [-0.4, -0.2) is 16.1 Å². The van der Waals surface area contributed by atoms with Crippen molar-refractivity contribution in [2.45, 2.75) is 38.3 Å². The molecule has 0 spiro atoms. The fourth-order valence-electron chi connectivity index (χ4n) is 2.95.